The number of aromatic nitrogens is 4. The van der Waals surface area contributed by atoms with Crippen LogP contribution in [0.15, 0.2) is 55.4 Å². The molecule has 1 N–H and O–H groups in total. The van der Waals surface area contributed by atoms with Gasteiger partial charge in [-0.05, 0) is 16.9 Å². The summed E-state index contributed by atoms with van der Waals surface area (Å²) in [4.78, 5) is 9.26. The molecule has 0 spiro atoms. The maximum atomic E-state index is 5.38. The van der Waals surface area contributed by atoms with Crippen LogP contribution in [0.4, 0.5) is 0 Å². The van der Waals surface area contributed by atoms with Gasteiger partial charge in [0.2, 0.25) is 0 Å². The number of rotatable bonds is 7. The van der Waals surface area contributed by atoms with E-state index in [9.17, 15) is 0 Å². The molecule has 7 heteroatoms. The lowest BCUT2D eigenvalue weighted by atomic mass is 10.1. The third-order valence-corrected chi connectivity index (χ3v) is 3.52. The number of hydrogen-bond acceptors (Lipinski definition) is 6. The van der Waals surface area contributed by atoms with E-state index < -0.39 is 0 Å². The molecule has 1 atom stereocenters. The van der Waals surface area contributed by atoms with E-state index in [-0.39, 0.29) is 6.04 Å². The van der Waals surface area contributed by atoms with Crippen LogP contribution < -0.4 is 5.48 Å². The lowest BCUT2D eigenvalue weighted by Crippen LogP contribution is -2.44. The van der Waals surface area contributed by atoms with Gasteiger partial charge in [-0.25, -0.2) is 0 Å². The quantitative estimate of drug-likeness (QED) is 0.469. The molecule has 1 unspecified atom stereocenters. The van der Waals surface area contributed by atoms with Gasteiger partial charge in [-0.1, -0.05) is 36.4 Å². The van der Waals surface area contributed by atoms with Crippen LogP contribution in [0.3, 0.4) is 0 Å². The Morgan fingerprint density at radius 1 is 1.35 bits per heavy atom. The van der Waals surface area contributed by atoms with Gasteiger partial charge in [0.25, 0.3) is 0 Å². The highest BCUT2D eigenvalue weighted by Crippen LogP contribution is 2.16. The van der Waals surface area contributed by atoms with Crippen LogP contribution in [-0.4, -0.2) is 50.8 Å². The maximum Gasteiger partial charge on any atom is 0.162 e. The van der Waals surface area contributed by atoms with E-state index in [1.165, 1.54) is 11.9 Å². The number of hydrogen-bond donors (Lipinski definition) is 1. The van der Waals surface area contributed by atoms with E-state index in [4.69, 9.17) is 4.84 Å². The van der Waals surface area contributed by atoms with Gasteiger partial charge in [0, 0.05) is 19.6 Å². The molecule has 7 nitrogen and oxygen atoms in total. The van der Waals surface area contributed by atoms with Crippen molar-refractivity contribution in [3.63, 3.8) is 0 Å². The van der Waals surface area contributed by atoms with Crippen molar-refractivity contribution in [3.05, 3.63) is 61.0 Å². The SMILES string of the molecule is C=CCONC1C=C(n2ncnn2)CN(Cc2ccccc2)C1. The minimum absolute atomic E-state index is 0.0495. The minimum Gasteiger partial charge on any atom is -0.297 e. The first-order valence-electron chi connectivity index (χ1n) is 7.53. The first-order valence-corrected chi connectivity index (χ1v) is 7.53. The number of hydroxylamine groups is 1. The van der Waals surface area contributed by atoms with E-state index in [0.717, 1.165) is 25.3 Å². The fourth-order valence-electron chi connectivity index (χ4n) is 2.59. The maximum absolute atomic E-state index is 5.38. The largest absolute Gasteiger partial charge is 0.297 e. The molecular formula is C16H20N6O. The molecular weight excluding hydrogens is 292 g/mol. The van der Waals surface area contributed by atoms with Crippen molar-refractivity contribution in [3.8, 4) is 0 Å². The lowest BCUT2D eigenvalue weighted by molar-refractivity contribution is 0.0347. The fraction of sp³-hybridized carbons (Fsp3) is 0.312. The van der Waals surface area contributed by atoms with Crippen molar-refractivity contribution in [1.82, 2.24) is 30.6 Å². The van der Waals surface area contributed by atoms with Crippen LogP contribution >= 0.6 is 0 Å². The summed E-state index contributed by atoms with van der Waals surface area (Å²) in [6.07, 6.45) is 5.22. The van der Waals surface area contributed by atoms with E-state index in [1.807, 2.05) is 6.07 Å². The Labute approximate surface area is 135 Å². The molecule has 0 amide bonds. The predicted octanol–water partition coefficient (Wildman–Crippen LogP) is 1.11. The Bertz CT molecular complexity index is 640. The van der Waals surface area contributed by atoms with Crippen LogP contribution in [-0.2, 0) is 11.4 Å². The molecule has 1 aromatic heterocycles. The summed E-state index contributed by atoms with van der Waals surface area (Å²) in [5.74, 6) is 0. The van der Waals surface area contributed by atoms with Gasteiger partial charge in [0.1, 0.15) is 0 Å². The number of tetrazole rings is 1. The molecule has 1 aromatic carbocycles. The fourth-order valence-corrected chi connectivity index (χ4v) is 2.59. The summed E-state index contributed by atoms with van der Waals surface area (Å²) < 4.78 is 0. The molecule has 120 valence electrons. The Balaban J connectivity index is 1.72. The highest BCUT2D eigenvalue weighted by atomic mass is 16.6. The standard InChI is InChI=1S/C16H20N6O/c1-2-8-23-19-15-9-16(22-18-13-17-20-22)12-21(11-15)10-14-6-4-3-5-7-14/h2-7,9,13,15,19H,1,8,10-12H2. The van der Waals surface area contributed by atoms with Gasteiger partial charge in [0.05, 0.1) is 18.3 Å². The molecule has 1 aliphatic rings. The Kier molecular flexibility index (Phi) is 5.25. The zero-order chi connectivity index (χ0) is 15.9. The van der Waals surface area contributed by atoms with E-state index in [2.05, 4.69) is 62.7 Å². The van der Waals surface area contributed by atoms with Gasteiger partial charge in [0.15, 0.2) is 6.33 Å². The number of nitrogens with one attached hydrogen (secondary N) is 1. The van der Waals surface area contributed by atoms with Gasteiger partial charge < -0.3 is 0 Å². The first-order chi connectivity index (χ1) is 11.3. The Hall–Kier alpha value is -2.35. The van der Waals surface area contributed by atoms with E-state index in [0.29, 0.717) is 6.61 Å². The molecule has 3 rings (SSSR count). The molecule has 23 heavy (non-hydrogen) atoms. The second-order valence-electron chi connectivity index (χ2n) is 5.36. The summed E-state index contributed by atoms with van der Waals surface area (Å²) >= 11 is 0. The summed E-state index contributed by atoms with van der Waals surface area (Å²) in [6, 6.07) is 10.4. The molecule has 0 fully saturated rings. The van der Waals surface area contributed by atoms with Crippen molar-refractivity contribution in [1.29, 1.82) is 0 Å². The Morgan fingerprint density at radius 3 is 2.96 bits per heavy atom. The van der Waals surface area contributed by atoms with Crippen molar-refractivity contribution < 1.29 is 4.84 Å². The average molecular weight is 312 g/mol. The van der Waals surface area contributed by atoms with Crippen LogP contribution in [0.5, 0.6) is 0 Å². The van der Waals surface area contributed by atoms with Crippen LogP contribution in [0.25, 0.3) is 5.70 Å². The highest BCUT2D eigenvalue weighted by molar-refractivity contribution is 5.47. The third-order valence-electron chi connectivity index (χ3n) is 3.52. The second kappa shape index (κ2) is 7.77. The van der Waals surface area contributed by atoms with Gasteiger partial charge in [-0.2, -0.15) is 5.48 Å². The zero-order valence-corrected chi connectivity index (χ0v) is 12.9. The molecule has 2 aromatic rings. The number of nitrogens with zero attached hydrogens (tertiary/aromatic N) is 5. The Morgan fingerprint density at radius 2 is 2.22 bits per heavy atom. The van der Waals surface area contributed by atoms with Gasteiger partial charge in [-0.15, -0.1) is 21.6 Å². The second-order valence-corrected chi connectivity index (χ2v) is 5.36. The van der Waals surface area contributed by atoms with Gasteiger partial charge >= 0.3 is 0 Å². The van der Waals surface area contributed by atoms with Crippen LogP contribution in [0.2, 0.25) is 0 Å². The zero-order valence-electron chi connectivity index (χ0n) is 12.9. The van der Waals surface area contributed by atoms with Crippen molar-refractivity contribution in [2.24, 2.45) is 0 Å². The van der Waals surface area contributed by atoms with Crippen LogP contribution in [0.1, 0.15) is 5.56 Å². The van der Waals surface area contributed by atoms with Crippen molar-refractivity contribution >= 4 is 5.70 Å². The molecule has 1 aliphatic heterocycles. The molecule has 0 saturated carbocycles. The first kappa shape index (κ1) is 15.5. The number of benzene rings is 1. The molecule has 0 radical (unpaired) electrons. The van der Waals surface area contributed by atoms with Crippen molar-refractivity contribution in [2.45, 2.75) is 12.6 Å². The van der Waals surface area contributed by atoms with Crippen molar-refractivity contribution in [2.75, 3.05) is 19.7 Å². The predicted molar refractivity (Wildman–Crippen MR) is 86.9 cm³/mol. The summed E-state index contributed by atoms with van der Waals surface area (Å²) in [6.45, 7) is 6.55. The van der Waals surface area contributed by atoms with Crippen LogP contribution in [0, 0.1) is 0 Å². The minimum atomic E-state index is 0.0495. The monoisotopic (exact) mass is 312 g/mol. The summed E-state index contributed by atoms with van der Waals surface area (Å²) in [5.41, 5.74) is 5.30. The van der Waals surface area contributed by atoms with Gasteiger partial charge in [-0.3, -0.25) is 9.74 Å². The molecule has 0 aliphatic carbocycles. The third kappa shape index (κ3) is 4.32. The van der Waals surface area contributed by atoms with E-state index in [1.54, 1.807) is 10.9 Å². The molecule has 0 bridgehead atoms. The molecule has 0 saturated heterocycles. The smallest absolute Gasteiger partial charge is 0.162 e. The topological polar surface area (TPSA) is 68.1 Å². The summed E-state index contributed by atoms with van der Waals surface area (Å²) in [7, 11) is 0. The average Bonchev–Trinajstić information content (AvgIpc) is 3.10. The highest BCUT2D eigenvalue weighted by Gasteiger charge is 2.22. The summed E-state index contributed by atoms with van der Waals surface area (Å²) in [5, 5.41) is 11.9. The lowest BCUT2D eigenvalue weighted by Gasteiger charge is -2.31. The normalized spacial score (nSPS) is 18.6. The van der Waals surface area contributed by atoms with E-state index >= 15 is 0 Å². The molecule has 2 heterocycles.